The molecule has 142 valence electrons. The predicted octanol–water partition coefficient (Wildman–Crippen LogP) is 4.15. The summed E-state index contributed by atoms with van der Waals surface area (Å²) in [6.07, 6.45) is 2.14. The Balaban J connectivity index is 1.32. The summed E-state index contributed by atoms with van der Waals surface area (Å²) in [5.74, 6) is 0.511. The average molecular weight is 391 g/mol. The van der Waals surface area contributed by atoms with Crippen molar-refractivity contribution >= 4 is 32.3 Å². The van der Waals surface area contributed by atoms with E-state index in [9.17, 15) is 4.79 Å². The number of fused-ring (bicyclic) bond motifs is 2. The number of rotatable bonds is 3. The molecule has 0 saturated carbocycles. The molecule has 0 amide bonds. The number of para-hydroxylation sites is 1. The SMILES string of the molecule is Cc1nn(CN2CCC(c3nc4ccccc4s3)CC2)c(=O)c2ccccc12. The van der Waals surface area contributed by atoms with Gasteiger partial charge in [-0.2, -0.15) is 5.10 Å². The highest BCUT2D eigenvalue weighted by molar-refractivity contribution is 7.18. The van der Waals surface area contributed by atoms with Crippen molar-refractivity contribution in [1.82, 2.24) is 19.7 Å². The Hall–Kier alpha value is -2.57. The highest BCUT2D eigenvalue weighted by Gasteiger charge is 2.24. The molecule has 0 bridgehead atoms. The number of aryl methyl sites for hydroxylation is 1. The first-order valence-electron chi connectivity index (χ1n) is 9.73. The third-order valence-corrected chi connectivity index (χ3v) is 6.83. The lowest BCUT2D eigenvalue weighted by atomic mass is 9.98. The highest BCUT2D eigenvalue weighted by Crippen LogP contribution is 2.33. The van der Waals surface area contributed by atoms with E-state index in [0.29, 0.717) is 12.6 Å². The van der Waals surface area contributed by atoms with Gasteiger partial charge in [-0.25, -0.2) is 9.67 Å². The number of aromatic nitrogens is 3. The molecule has 0 unspecified atom stereocenters. The predicted molar refractivity (Wildman–Crippen MR) is 114 cm³/mol. The van der Waals surface area contributed by atoms with Crippen LogP contribution < -0.4 is 5.56 Å². The second kappa shape index (κ2) is 7.11. The molecule has 1 fully saturated rings. The molecule has 0 N–H and O–H groups in total. The van der Waals surface area contributed by atoms with Gasteiger partial charge in [-0.05, 0) is 38.0 Å². The summed E-state index contributed by atoms with van der Waals surface area (Å²) in [6, 6.07) is 16.1. The van der Waals surface area contributed by atoms with Gasteiger partial charge in [0.05, 0.1) is 33.0 Å². The van der Waals surface area contributed by atoms with Gasteiger partial charge in [-0.15, -0.1) is 11.3 Å². The van der Waals surface area contributed by atoms with Crippen LogP contribution in [0.25, 0.3) is 21.0 Å². The summed E-state index contributed by atoms with van der Waals surface area (Å²) < 4.78 is 2.89. The van der Waals surface area contributed by atoms with Crippen molar-refractivity contribution in [1.29, 1.82) is 0 Å². The number of benzene rings is 2. The monoisotopic (exact) mass is 390 g/mol. The smallest absolute Gasteiger partial charge is 0.275 e. The molecule has 1 aliphatic heterocycles. The molecule has 3 heterocycles. The molecule has 1 saturated heterocycles. The lowest BCUT2D eigenvalue weighted by Crippen LogP contribution is -2.38. The standard InChI is InChI=1S/C22H22N4OS/c1-15-17-6-2-3-7-18(17)22(27)26(24-15)14-25-12-10-16(11-13-25)21-23-19-8-4-5-9-20(19)28-21/h2-9,16H,10-14H2,1H3. The molecule has 28 heavy (non-hydrogen) atoms. The second-order valence-electron chi connectivity index (χ2n) is 7.49. The maximum absolute atomic E-state index is 12.8. The number of thiazole rings is 1. The van der Waals surface area contributed by atoms with Gasteiger partial charge in [-0.3, -0.25) is 9.69 Å². The van der Waals surface area contributed by atoms with Crippen LogP contribution in [0.4, 0.5) is 0 Å². The maximum atomic E-state index is 12.8. The van der Waals surface area contributed by atoms with Crippen LogP contribution in [0.15, 0.2) is 53.3 Å². The van der Waals surface area contributed by atoms with E-state index in [-0.39, 0.29) is 5.56 Å². The van der Waals surface area contributed by atoms with Crippen LogP contribution in [-0.2, 0) is 6.67 Å². The third-order valence-electron chi connectivity index (χ3n) is 5.63. The number of hydrogen-bond donors (Lipinski definition) is 0. The summed E-state index contributed by atoms with van der Waals surface area (Å²) in [5, 5.41) is 7.49. The summed E-state index contributed by atoms with van der Waals surface area (Å²) in [4.78, 5) is 20.0. The van der Waals surface area contributed by atoms with E-state index in [1.54, 1.807) is 4.68 Å². The zero-order chi connectivity index (χ0) is 19.1. The van der Waals surface area contributed by atoms with E-state index in [2.05, 4.69) is 28.2 Å². The van der Waals surface area contributed by atoms with Gasteiger partial charge in [0.15, 0.2) is 0 Å². The van der Waals surface area contributed by atoms with Crippen molar-refractivity contribution in [2.75, 3.05) is 13.1 Å². The van der Waals surface area contributed by atoms with E-state index < -0.39 is 0 Å². The van der Waals surface area contributed by atoms with Crippen LogP contribution in [0.1, 0.15) is 29.5 Å². The van der Waals surface area contributed by atoms with Crippen molar-refractivity contribution in [2.24, 2.45) is 0 Å². The fraction of sp³-hybridized carbons (Fsp3) is 0.318. The molecule has 0 aliphatic carbocycles. The van der Waals surface area contributed by atoms with Crippen LogP contribution in [0.3, 0.4) is 0 Å². The summed E-state index contributed by atoms with van der Waals surface area (Å²) in [6.45, 7) is 4.44. The van der Waals surface area contributed by atoms with E-state index in [1.165, 1.54) is 9.71 Å². The first-order valence-corrected chi connectivity index (χ1v) is 10.5. The van der Waals surface area contributed by atoms with Gasteiger partial charge < -0.3 is 0 Å². The minimum Gasteiger partial charge on any atom is -0.284 e. The Labute approximate surface area is 167 Å². The van der Waals surface area contributed by atoms with Gasteiger partial charge in [0.25, 0.3) is 5.56 Å². The third kappa shape index (κ3) is 3.12. The van der Waals surface area contributed by atoms with Gasteiger partial charge in [-0.1, -0.05) is 30.3 Å². The zero-order valence-corrected chi connectivity index (χ0v) is 16.7. The Bertz CT molecular complexity index is 1170. The Morgan fingerprint density at radius 3 is 2.54 bits per heavy atom. The molecule has 5 rings (SSSR count). The van der Waals surface area contributed by atoms with Gasteiger partial charge in [0, 0.05) is 24.4 Å². The Morgan fingerprint density at radius 2 is 1.75 bits per heavy atom. The number of hydrogen-bond acceptors (Lipinski definition) is 5. The molecule has 4 aromatic rings. The highest BCUT2D eigenvalue weighted by atomic mass is 32.1. The van der Waals surface area contributed by atoms with Crippen molar-refractivity contribution in [2.45, 2.75) is 32.4 Å². The average Bonchev–Trinajstić information content (AvgIpc) is 3.17. The first kappa shape index (κ1) is 17.5. The largest absolute Gasteiger partial charge is 0.284 e. The lowest BCUT2D eigenvalue weighted by Gasteiger charge is -2.31. The van der Waals surface area contributed by atoms with Crippen molar-refractivity contribution in [3.05, 3.63) is 69.6 Å². The maximum Gasteiger partial charge on any atom is 0.275 e. The molecule has 0 atom stereocenters. The van der Waals surface area contributed by atoms with Crippen molar-refractivity contribution < 1.29 is 0 Å². The number of nitrogens with zero attached hydrogens (tertiary/aromatic N) is 4. The molecule has 5 nitrogen and oxygen atoms in total. The Kier molecular flexibility index (Phi) is 4.45. The molecule has 0 spiro atoms. The van der Waals surface area contributed by atoms with Crippen molar-refractivity contribution in [3.8, 4) is 0 Å². The van der Waals surface area contributed by atoms with E-state index in [0.717, 1.165) is 47.9 Å². The molecule has 2 aromatic heterocycles. The van der Waals surface area contributed by atoms with Crippen LogP contribution >= 0.6 is 11.3 Å². The second-order valence-corrected chi connectivity index (χ2v) is 8.55. The minimum absolute atomic E-state index is 0.00510. The van der Waals surface area contributed by atoms with Crippen LogP contribution in [0.2, 0.25) is 0 Å². The van der Waals surface area contributed by atoms with E-state index >= 15 is 0 Å². The first-order chi connectivity index (χ1) is 13.7. The lowest BCUT2D eigenvalue weighted by molar-refractivity contribution is 0.158. The topological polar surface area (TPSA) is 51.0 Å². The van der Waals surface area contributed by atoms with Crippen LogP contribution in [0, 0.1) is 6.92 Å². The number of likely N-dealkylation sites (tertiary alicyclic amines) is 1. The normalized spacial score (nSPS) is 16.2. The van der Waals surface area contributed by atoms with Gasteiger partial charge >= 0.3 is 0 Å². The minimum atomic E-state index is -0.00510. The molecule has 0 radical (unpaired) electrons. The summed E-state index contributed by atoms with van der Waals surface area (Å²) in [5.41, 5.74) is 2.00. The fourth-order valence-electron chi connectivity index (χ4n) is 4.08. The molecular weight excluding hydrogens is 368 g/mol. The quantitative estimate of drug-likeness (QED) is 0.527. The van der Waals surface area contributed by atoms with Gasteiger partial charge in [0.2, 0.25) is 0 Å². The number of piperidine rings is 1. The Morgan fingerprint density at radius 1 is 1.04 bits per heavy atom. The van der Waals surface area contributed by atoms with Crippen LogP contribution in [0.5, 0.6) is 0 Å². The van der Waals surface area contributed by atoms with Gasteiger partial charge in [0.1, 0.15) is 0 Å². The molecule has 6 heteroatoms. The summed E-state index contributed by atoms with van der Waals surface area (Å²) in [7, 11) is 0. The molecule has 2 aromatic carbocycles. The van der Waals surface area contributed by atoms with Crippen LogP contribution in [-0.4, -0.2) is 32.8 Å². The van der Waals surface area contributed by atoms with Crippen molar-refractivity contribution in [3.63, 3.8) is 0 Å². The fourth-order valence-corrected chi connectivity index (χ4v) is 5.21. The van der Waals surface area contributed by atoms with E-state index in [4.69, 9.17) is 4.98 Å². The summed E-state index contributed by atoms with van der Waals surface area (Å²) >= 11 is 1.82. The molecular formula is C22H22N4OS. The molecule has 1 aliphatic rings. The van der Waals surface area contributed by atoms with E-state index in [1.807, 2.05) is 48.6 Å². The zero-order valence-electron chi connectivity index (χ0n) is 15.8.